The van der Waals surface area contributed by atoms with E-state index < -0.39 is 33.6 Å². The van der Waals surface area contributed by atoms with Gasteiger partial charge in [-0.3, -0.25) is 4.79 Å². The summed E-state index contributed by atoms with van der Waals surface area (Å²) in [5, 5.41) is 8.65. The van der Waals surface area contributed by atoms with Gasteiger partial charge in [0.1, 0.15) is 21.6 Å². The summed E-state index contributed by atoms with van der Waals surface area (Å²) in [6.45, 7) is 8.71. The van der Waals surface area contributed by atoms with Crippen LogP contribution in [0.2, 0.25) is 10.0 Å². The van der Waals surface area contributed by atoms with Crippen molar-refractivity contribution in [3.8, 4) is 0 Å². The molecular formula is C17H25Cl2N3O4S. The molecule has 2 amide bonds. The lowest BCUT2D eigenvalue weighted by atomic mass is 9.99. The second-order valence-electron chi connectivity index (χ2n) is 7.08. The van der Waals surface area contributed by atoms with E-state index in [0.29, 0.717) is 6.42 Å². The predicted molar refractivity (Wildman–Crippen MR) is 107 cm³/mol. The van der Waals surface area contributed by atoms with Crippen molar-refractivity contribution in [2.45, 2.75) is 57.6 Å². The fraction of sp³-hybridized carbons (Fsp3) is 0.529. The number of ether oxygens (including phenoxy) is 1. The Morgan fingerprint density at radius 3 is 2.37 bits per heavy atom. The maximum atomic E-state index is 12.7. The Morgan fingerprint density at radius 2 is 1.89 bits per heavy atom. The molecule has 0 heterocycles. The zero-order valence-corrected chi connectivity index (χ0v) is 18.2. The van der Waals surface area contributed by atoms with Crippen molar-refractivity contribution >= 4 is 45.1 Å². The van der Waals surface area contributed by atoms with E-state index in [2.05, 4.69) is 9.68 Å². The summed E-state index contributed by atoms with van der Waals surface area (Å²) < 4.78 is 21.6. The van der Waals surface area contributed by atoms with Crippen LogP contribution in [0, 0.1) is 5.92 Å². The molecule has 1 aromatic rings. The Hall–Kier alpha value is -1.35. The zero-order valence-electron chi connectivity index (χ0n) is 15.9. The van der Waals surface area contributed by atoms with Crippen molar-refractivity contribution < 1.29 is 18.5 Å². The smallest absolute Gasteiger partial charge is 0.408 e. The van der Waals surface area contributed by atoms with Crippen molar-refractivity contribution in [3.05, 3.63) is 28.2 Å². The highest BCUT2D eigenvalue weighted by atomic mass is 35.5. The number of alkyl carbamates (subject to hydrolysis) is 1. The van der Waals surface area contributed by atoms with Gasteiger partial charge < -0.3 is 10.1 Å². The summed E-state index contributed by atoms with van der Waals surface area (Å²) in [5.74, 6) is -1.09. The van der Waals surface area contributed by atoms with Crippen LogP contribution in [0.5, 0.6) is 0 Å². The van der Waals surface area contributed by atoms with Gasteiger partial charge in [-0.1, -0.05) is 43.5 Å². The molecule has 0 radical (unpaired) electrons. The SMILES string of the molecule is CC[C@H](C)[C@H](NC(=O)OC(C)(C)C)C(=O)N=S(N)(=O)c1ccc(Cl)c(Cl)c1. The van der Waals surface area contributed by atoms with Crippen LogP contribution >= 0.6 is 23.2 Å². The van der Waals surface area contributed by atoms with Crippen LogP contribution in [0.3, 0.4) is 0 Å². The van der Waals surface area contributed by atoms with Gasteiger partial charge in [0, 0.05) is 0 Å². The predicted octanol–water partition coefficient (Wildman–Crippen LogP) is 4.16. The fourth-order valence-corrected chi connectivity index (χ4v) is 3.42. The van der Waals surface area contributed by atoms with E-state index in [9.17, 15) is 13.8 Å². The molecule has 3 atom stereocenters. The molecule has 0 spiro atoms. The first kappa shape index (κ1) is 23.7. The minimum atomic E-state index is -3.57. The highest BCUT2D eigenvalue weighted by molar-refractivity contribution is 7.91. The molecule has 0 aliphatic heterocycles. The van der Waals surface area contributed by atoms with Crippen LogP contribution in [-0.2, 0) is 19.4 Å². The van der Waals surface area contributed by atoms with Gasteiger partial charge in [0.2, 0.25) is 0 Å². The van der Waals surface area contributed by atoms with Gasteiger partial charge in [0.05, 0.1) is 14.9 Å². The van der Waals surface area contributed by atoms with Crippen LogP contribution in [0.15, 0.2) is 27.5 Å². The number of carbonyl (C=O) groups is 2. The summed E-state index contributed by atoms with van der Waals surface area (Å²) in [4.78, 5) is 24.7. The van der Waals surface area contributed by atoms with Gasteiger partial charge in [-0.25, -0.2) is 14.1 Å². The first-order valence-electron chi connectivity index (χ1n) is 8.30. The van der Waals surface area contributed by atoms with Crippen LogP contribution in [0.1, 0.15) is 41.0 Å². The van der Waals surface area contributed by atoms with Crippen LogP contribution in [0.4, 0.5) is 4.79 Å². The molecule has 0 bridgehead atoms. The third kappa shape index (κ3) is 7.29. The lowest BCUT2D eigenvalue weighted by Gasteiger charge is -2.25. The quantitative estimate of drug-likeness (QED) is 0.719. The molecule has 0 fully saturated rings. The van der Waals surface area contributed by atoms with E-state index >= 15 is 0 Å². The molecule has 7 nitrogen and oxygen atoms in total. The van der Waals surface area contributed by atoms with Crippen molar-refractivity contribution in [3.63, 3.8) is 0 Å². The van der Waals surface area contributed by atoms with Crippen molar-refractivity contribution in [1.82, 2.24) is 5.32 Å². The second-order valence-corrected chi connectivity index (χ2v) is 9.69. The molecule has 0 aliphatic carbocycles. The fourth-order valence-electron chi connectivity index (χ4n) is 2.02. The lowest BCUT2D eigenvalue weighted by molar-refractivity contribution is -0.120. The normalized spacial score (nSPS) is 16.0. The first-order valence-corrected chi connectivity index (χ1v) is 10.6. The van der Waals surface area contributed by atoms with E-state index in [4.69, 9.17) is 33.1 Å². The third-order valence-corrected chi connectivity index (χ3v) is 5.73. The summed E-state index contributed by atoms with van der Waals surface area (Å²) in [6, 6.07) is 3.06. The maximum absolute atomic E-state index is 12.7. The first-order chi connectivity index (χ1) is 12.3. The van der Waals surface area contributed by atoms with Gasteiger partial charge in [-0.15, -0.1) is 4.36 Å². The zero-order chi connectivity index (χ0) is 21.0. The summed E-state index contributed by atoms with van der Waals surface area (Å²) in [6.07, 6.45) is -0.199. The Bertz CT molecular complexity index is 830. The number of nitrogens with two attached hydrogens (primary N) is 1. The molecular weight excluding hydrogens is 413 g/mol. The average Bonchev–Trinajstić information content (AvgIpc) is 2.52. The summed E-state index contributed by atoms with van der Waals surface area (Å²) in [7, 11) is -3.57. The number of carbonyl (C=O) groups excluding carboxylic acids is 2. The van der Waals surface area contributed by atoms with E-state index in [-0.39, 0.29) is 20.9 Å². The molecule has 27 heavy (non-hydrogen) atoms. The van der Waals surface area contributed by atoms with Crippen molar-refractivity contribution in [2.24, 2.45) is 15.4 Å². The molecule has 3 N–H and O–H groups in total. The van der Waals surface area contributed by atoms with Crippen molar-refractivity contribution in [1.29, 1.82) is 0 Å². The van der Waals surface area contributed by atoms with Gasteiger partial charge in [-0.2, -0.15) is 0 Å². The van der Waals surface area contributed by atoms with E-state index in [1.54, 1.807) is 27.7 Å². The summed E-state index contributed by atoms with van der Waals surface area (Å²) >= 11 is 11.7. The third-order valence-electron chi connectivity index (χ3n) is 3.61. The minimum Gasteiger partial charge on any atom is -0.444 e. The molecule has 0 saturated carbocycles. The highest BCUT2D eigenvalue weighted by Crippen LogP contribution is 2.25. The Balaban J connectivity index is 3.17. The summed E-state index contributed by atoms with van der Waals surface area (Å²) in [5.41, 5.74) is -0.730. The number of benzene rings is 1. The molecule has 152 valence electrons. The maximum Gasteiger partial charge on any atom is 0.408 e. The van der Waals surface area contributed by atoms with E-state index in [0.717, 1.165) is 0 Å². The Labute approximate surface area is 170 Å². The molecule has 0 aliphatic rings. The van der Waals surface area contributed by atoms with Crippen LogP contribution < -0.4 is 10.5 Å². The topological polar surface area (TPSA) is 111 Å². The van der Waals surface area contributed by atoms with Gasteiger partial charge >= 0.3 is 6.09 Å². The Morgan fingerprint density at radius 1 is 1.30 bits per heavy atom. The highest BCUT2D eigenvalue weighted by Gasteiger charge is 2.29. The molecule has 1 aromatic carbocycles. The van der Waals surface area contributed by atoms with E-state index in [1.807, 2.05) is 6.92 Å². The molecule has 0 aromatic heterocycles. The Kier molecular flexibility index (Phi) is 8.10. The number of halogens is 2. The van der Waals surface area contributed by atoms with Gasteiger partial charge in [0.15, 0.2) is 0 Å². The van der Waals surface area contributed by atoms with Crippen molar-refractivity contribution in [2.75, 3.05) is 0 Å². The lowest BCUT2D eigenvalue weighted by Crippen LogP contribution is -2.46. The van der Waals surface area contributed by atoms with Crippen LogP contribution in [-0.4, -0.2) is 27.9 Å². The molecule has 0 saturated heterocycles. The van der Waals surface area contributed by atoms with Crippen LogP contribution in [0.25, 0.3) is 0 Å². The van der Waals surface area contributed by atoms with Gasteiger partial charge in [0.25, 0.3) is 5.91 Å². The van der Waals surface area contributed by atoms with E-state index in [1.165, 1.54) is 18.2 Å². The monoisotopic (exact) mass is 437 g/mol. The number of nitrogens with one attached hydrogen (secondary N) is 1. The average molecular weight is 438 g/mol. The number of rotatable bonds is 5. The second kappa shape index (κ2) is 9.23. The number of hydrogen-bond donors (Lipinski definition) is 2. The molecule has 1 rings (SSSR count). The number of amides is 2. The molecule has 10 heteroatoms. The standard InChI is InChI=1S/C17H25Cl2N3O4S/c1-6-10(2)14(21-16(24)26-17(3,4)5)15(23)22-27(20,25)11-7-8-12(18)13(19)9-11/h7-10,14H,6H2,1-5H3,(H,21,24)(H2,20,22,23,25)/t10-,14-,27?/m0/s1. The molecule has 1 unspecified atom stereocenters. The number of hydrogen-bond acceptors (Lipinski definition) is 4. The largest absolute Gasteiger partial charge is 0.444 e. The number of nitrogens with zero attached hydrogens (tertiary/aromatic N) is 1. The minimum absolute atomic E-state index is 0.0606. The van der Waals surface area contributed by atoms with Gasteiger partial charge in [-0.05, 0) is 44.9 Å².